The molecule has 0 fully saturated rings. The van der Waals surface area contributed by atoms with Gasteiger partial charge in [-0.2, -0.15) is 10.2 Å². The van der Waals surface area contributed by atoms with Crippen LogP contribution in [0.2, 0.25) is 0 Å². The first-order valence-corrected chi connectivity index (χ1v) is 11.5. The molecular weight excluding hydrogens is 512 g/mol. The van der Waals surface area contributed by atoms with Crippen molar-refractivity contribution in [2.45, 2.75) is 27.7 Å². The van der Waals surface area contributed by atoms with E-state index >= 15 is 0 Å². The highest BCUT2D eigenvalue weighted by Crippen LogP contribution is 2.26. The minimum atomic E-state index is -0.788. The SMILES string of the molecule is Cc1nn(-c2cccc(C(=O)OCOC(=O)c3cccc(-n4nc(C)c([N+](=O)[O-])c4C)c3)c2)c(C)c1[N+](=O)[O-]. The molecule has 2 aromatic carbocycles. The lowest BCUT2D eigenvalue weighted by Gasteiger charge is -2.09. The van der Waals surface area contributed by atoms with Crippen molar-refractivity contribution in [1.29, 1.82) is 0 Å². The maximum atomic E-state index is 12.6. The molecule has 0 radical (unpaired) electrons. The first-order valence-electron chi connectivity index (χ1n) is 11.5. The second kappa shape index (κ2) is 10.5. The van der Waals surface area contributed by atoms with Crippen molar-refractivity contribution < 1.29 is 28.9 Å². The van der Waals surface area contributed by atoms with Crippen molar-refractivity contribution >= 4 is 23.3 Å². The predicted molar refractivity (Wildman–Crippen MR) is 135 cm³/mol. The van der Waals surface area contributed by atoms with Gasteiger partial charge in [-0.25, -0.2) is 19.0 Å². The van der Waals surface area contributed by atoms with Gasteiger partial charge in [-0.05, 0) is 64.1 Å². The first kappa shape index (κ1) is 26.7. The Hall–Kier alpha value is -5.40. The van der Waals surface area contributed by atoms with Gasteiger partial charge in [0.25, 0.3) is 0 Å². The molecule has 0 aliphatic carbocycles. The molecule has 0 aliphatic heterocycles. The van der Waals surface area contributed by atoms with Gasteiger partial charge in [0.05, 0.1) is 32.3 Å². The second-order valence-corrected chi connectivity index (χ2v) is 8.46. The number of ether oxygens (including phenoxy) is 2. The molecule has 0 saturated carbocycles. The summed E-state index contributed by atoms with van der Waals surface area (Å²) in [5.41, 5.74) is 1.90. The van der Waals surface area contributed by atoms with Crippen molar-refractivity contribution in [2.75, 3.05) is 6.79 Å². The van der Waals surface area contributed by atoms with Crippen LogP contribution in [0.4, 0.5) is 11.4 Å². The van der Waals surface area contributed by atoms with E-state index in [9.17, 15) is 29.8 Å². The Balaban J connectivity index is 1.43. The van der Waals surface area contributed by atoms with Crippen molar-refractivity contribution in [1.82, 2.24) is 19.6 Å². The highest BCUT2D eigenvalue weighted by Gasteiger charge is 2.24. The van der Waals surface area contributed by atoms with E-state index < -0.39 is 28.6 Å². The van der Waals surface area contributed by atoms with Crippen LogP contribution in [0.5, 0.6) is 0 Å². The van der Waals surface area contributed by atoms with Crippen LogP contribution in [0.15, 0.2) is 48.5 Å². The molecule has 4 aromatic rings. The molecule has 0 atom stereocenters. The van der Waals surface area contributed by atoms with Gasteiger partial charge in [0.15, 0.2) is 0 Å². The summed E-state index contributed by atoms with van der Waals surface area (Å²) in [7, 11) is 0. The fraction of sp³-hybridized carbons (Fsp3) is 0.200. The molecule has 0 amide bonds. The smallest absolute Gasteiger partial charge is 0.341 e. The quantitative estimate of drug-likeness (QED) is 0.139. The molecule has 14 nitrogen and oxygen atoms in total. The third-order valence-corrected chi connectivity index (χ3v) is 5.90. The Labute approximate surface area is 220 Å². The molecule has 0 N–H and O–H groups in total. The summed E-state index contributed by atoms with van der Waals surface area (Å²) < 4.78 is 12.9. The first-order chi connectivity index (χ1) is 18.5. The molecule has 39 heavy (non-hydrogen) atoms. The van der Waals surface area contributed by atoms with E-state index in [1.54, 1.807) is 38.1 Å². The van der Waals surface area contributed by atoms with Crippen molar-refractivity contribution in [3.05, 3.63) is 103 Å². The van der Waals surface area contributed by atoms with Crippen LogP contribution in [0.3, 0.4) is 0 Å². The Morgan fingerprint density at radius 2 is 1.13 bits per heavy atom. The van der Waals surface area contributed by atoms with E-state index in [2.05, 4.69) is 10.2 Å². The lowest BCUT2D eigenvalue weighted by molar-refractivity contribution is -0.386. The second-order valence-electron chi connectivity index (χ2n) is 8.46. The highest BCUT2D eigenvalue weighted by molar-refractivity contribution is 5.91. The Morgan fingerprint density at radius 3 is 1.46 bits per heavy atom. The number of carbonyl (C=O) groups excluding carboxylic acids is 2. The summed E-state index contributed by atoms with van der Waals surface area (Å²) in [4.78, 5) is 46.7. The van der Waals surface area contributed by atoms with Gasteiger partial charge >= 0.3 is 23.3 Å². The number of nitro groups is 2. The third kappa shape index (κ3) is 5.20. The summed E-state index contributed by atoms with van der Waals surface area (Å²) in [5, 5.41) is 30.9. The van der Waals surface area contributed by atoms with Crippen molar-refractivity contribution in [3.63, 3.8) is 0 Å². The van der Waals surface area contributed by atoms with Gasteiger partial charge in [0.1, 0.15) is 22.8 Å². The lowest BCUT2D eigenvalue weighted by Crippen LogP contribution is -2.14. The number of hydrogen-bond acceptors (Lipinski definition) is 10. The Bertz CT molecular complexity index is 1520. The molecule has 200 valence electrons. The monoisotopic (exact) mass is 534 g/mol. The molecule has 0 saturated heterocycles. The third-order valence-electron chi connectivity index (χ3n) is 5.90. The summed E-state index contributed by atoms with van der Waals surface area (Å²) in [6, 6.07) is 12.2. The van der Waals surface area contributed by atoms with E-state index in [-0.39, 0.29) is 33.9 Å². The van der Waals surface area contributed by atoms with E-state index in [1.165, 1.54) is 47.5 Å². The van der Waals surface area contributed by atoms with E-state index in [0.717, 1.165) is 0 Å². The zero-order valence-corrected chi connectivity index (χ0v) is 21.3. The fourth-order valence-corrected chi connectivity index (χ4v) is 4.13. The molecule has 0 bridgehead atoms. The average molecular weight is 534 g/mol. The number of carbonyl (C=O) groups is 2. The average Bonchev–Trinajstić information content (AvgIpc) is 3.37. The largest absolute Gasteiger partial charge is 0.424 e. The highest BCUT2D eigenvalue weighted by atomic mass is 16.7. The number of aryl methyl sites for hydroxylation is 2. The molecule has 14 heteroatoms. The number of esters is 2. The number of rotatable bonds is 8. The number of hydrogen-bond donors (Lipinski definition) is 0. The predicted octanol–water partition coefficient (Wildman–Crippen LogP) is 4.08. The van der Waals surface area contributed by atoms with Crippen molar-refractivity contribution in [3.8, 4) is 11.4 Å². The molecular formula is C25H22N6O8. The van der Waals surface area contributed by atoms with Crippen LogP contribution in [-0.2, 0) is 9.47 Å². The normalized spacial score (nSPS) is 10.8. The van der Waals surface area contributed by atoms with E-state index in [0.29, 0.717) is 22.8 Å². The van der Waals surface area contributed by atoms with Crippen LogP contribution in [0.25, 0.3) is 11.4 Å². The number of aromatic nitrogens is 4. The fourth-order valence-electron chi connectivity index (χ4n) is 4.13. The maximum absolute atomic E-state index is 12.6. The number of benzene rings is 2. The zero-order chi connectivity index (χ0) is 28.4. The molecule has 0 aliphatic rings. The molecule has 2 aromatic heterocycles. The molecule has 0 unspecified atom stereocenters. The van der Waals surface area contributed by atoms with Crippen LogP contribution in [-0.4, -0.2) is 48.1 Å². The number of nitrogens with zero attached hydrogens (tertiary/aromatic N) is 6. The minimum absolute atomic E-state index is 0.116. The summed E-state index contributed by atoms with van der Waals surface area (Å²) in [5.74, 6) is -1.58. The summed E-state index contributed by atoms with van der Waals surface area (Å²) in [6.45, 7) is 5.46. The molecule has 4 rings (SSSR count). The molecule has 2 heterocycles. The van der Waals surface area contributed by atoms with E-state index in [4.69, 9.17) is 9.47 Å². The Morgan fingerprint density at radius 1 is 0.744 bits per heavy atom. The Kier molecular flexibility index (Phi) is 7.20. The van der Waals surface area contributed by atoms with Gasteiger partial charge in [0.2, 0.25) is 6.79 Å². The maximum Gasteiger partial charge on any atom is 0.341 e. The molecule has 0 spiro atoms. The summed E-state index contributed by atoms with van der Waals surface area (Å²) in [6.07, 6.45) is 0. The van der Waals surface area contributed by atoms with Gasteiger partial charge in [-0.1, -0.05) is 12.1 Å². The van der Waals surface area contributed by atoms with Crippen LogP contribution >= 0.6 is 0 Å². The van der Waals surface area contributed by atoms with Crippen molar-refractivity contribution in [2.24, 2.45) is 0 Å². The summed E-state index contributed by atoms with van der Waals surface area (Å²) >= 11 is 0. The van der Waals surface area contributed by atoms with Crippen LogP contribution in [0.1, 0.15) is 43.5 Å². The standard InChI is InChI=1S/C25H22N6O8/c1-14-22(30(34)35)16(3)28(26-14)20-9-5-7-18(11-20)24(32)38-13-39-25(33)19-8-6-10-21(12-19)29-17(4)23(31(36)37)15(2)27-29/h5-12H,13H2,1-4H3. The van der Waals surface area contributed by atoms with Gasteiger partial charge in [-0.3, -0.25) is 20.2 Å². The topological polar surface area (TPSA) is 175 Å². The van der Waals surface area contributed by atoms with Gasteiger partial charge < -0.3 is 9.47 Å². The van der Waals surface area contributed by atoms with Gasteiger partial charge in [-0.15, -0.1) is 0 Å². The van der Waals surface area contributed by atoms with Crippen LogP contribution < -0.4 is 0 Å². The lowest BCUT2D eigenvalue weighted by atomic mass is 10.2. The van der Waals surface area contributed by atoms with Crippen LogP contribution in [0, 0.1) is 47.9 Å². The van der Waals surface area contributed by atoms with E-state index in [1.807, 2.05) is 0 Å². The zero-order valence-electron chi connectivity index (χ0n) is 21.3. The minimum Gasteiger partial charge on any atom is -0.424 e. The van der Waals surface area contributed by atoms with Gasteiger partial charge in [0, 0.05) is 0 Å².